The van der Waals surface area contributed by atoms with Crippen LogP contribution in [0.15, 0.2) is 26.4 Å². The SMILES string of the molecule is Cc1coc(SCc2cc(C)c(C(=O)O)o2)n1. The number of thioether (sulfide) groups is 1. The number of nitrogens with zero attached hydrogens (tertiary/aromatic N) is 1. The van der Waals surface area contributed by atoms with Crippen LogP contribution in [0.3, 0.4) is 0 Å². The minimum Gasteiger partial charge on any atom is -0.475 e. The Bertz CT molecular complexity index is 543. The van der Waals surface area contributed by atoms with Gasteiger partial charge in [0.05, 0.1) is 11.4 Å². The van der Waals surface area contributed by atoms with Gasteiger partial charge in [0.15, 0.2) is 0 Å². The quantitative estimate of drug-likeness (QED) is 0.844. The Morgan fingerprint density at radius 2 is 2.29 bits per heavy atom. The Hall–Kier alpha value is -1.69. The van der Waals surface area contributed by atoms with Crippen molar-refractivity contribution in [3.05, 3.63) is 35.1 Å². The number of furan rings is 1. The average molecular weight is 253 g/mol. The first-order valence-corrected chi connectivity index (χ1v) is 5.92. The summed E-state index contributed by atoms with van der Waals surface area (Å²) < 4.78 is 10.4. The Morgan fingerprint density at radius 3 is 2.82 bits per heavy atom. The van der Waals surface area contributed by atoms with E-state index in [9.17, 15) is 4.79 Å². The van der Waals surface area contributed by atoms with Gasteiger partial charge in [0.2, 0.25) is 5.76 Å². The summed E-state index contributed by atoms with van der Waals surface area (Å²) >= 11 is 1.36. The van der Waals surface area contributed by atoms with Crippen molar-refractivity contribution in [2.45, 2.75) is 24.8 Å². The molecule has 0 radical (unpaired) electrons. The second-order valence-electron chi connectivity index (χ2n) is 3.57. The predicted octanol–water partition coefficient (Wildman–Crippen LogP) is 2.87. The average Bonchev–Trinajstić information content (AvgIpc) is 2.82. The van der Waals surface area contributed by atoms with Gasteiger partial charge in [0, 0.05) is 5.56 Å². The van der Waals surface area contributed by atoms with E-state index in [4.69, 9.17) is 13.9 Å². The number of hydrogen-bond donors (Lipinski definition) is 1. The zero-order valence-corrected chi connectivity index (χ0v) is 10.2. The van der Waals surface area contributed by atoms with Crippen molar-refractivity contribution in [1.82, 2.24) is 4.98 Å². The van der Waals surface area contributed by atoms with Crippen LogP contribution in [0.1, 0.15) is 27.6 Å². The first kappa shape index (κ1) is 11.8. The van der Waals surface area contributed by atoms with Gasteiger partial charge >= 0.3 is 5.97 Å². The summed E-state index contributed by atoms with van der Waals surface area (Å²) in [6, 6.07) is 1.71. The molecule has 0 saturated carbocycles. The molecule has 0 aliphatic carbocycles. The van der Waals surface area contributed by atoms with Crippen LogP contribution in [-0.2, 0) is 5.75 Å². The third-order valence-electron chi connectivity index (χ3n) is 2.10. The van der Waals surface area contributed by atoms with Crippen molar-refractivity contribution < 1.29 is 18.7 Å². The first-order chi connectivity index (χ1) is 8.06. The van der Waals surface area contributed by atoms with E-state index in [1.54, 1.807) is 19.3 Å². The Morgan fingerprint density at radius 1 is 1.53 bits per heavy atom. The molecule has 6 heteroatoms. The van der Waals surface area contributed by atoms with Crippen molar-refractivity contribution in [2.75, 3.05) is 0 Å². The van der Waals surface area contributed by atoms with Gasteiger partial charge < -0.3 is 13.9 Å². The van der Waals surface area contributed by atoms with Crippen LogP contribution in [0, 0.1) is 13.8 Å². The molecule has 1 N–H and O–H groups in total. The number of aromatic carboxylic acids is 1. The molecule has 2 heterocycles. The van der Waals surface area contributed by atoms with Gasteiger partial charge in [-0.25, -0.2) is 9.78 Å². The standard InChI is InChI=1S/C11H11NO4S/c1-6-3-8(16-9(6)10(13)14)5-17-11-12-7(2)4-15-11/h3-4H,5H2,1-2H3,(H,13,14). The third kappa shape index (κ3) is 2.71. The van der Waals surface area contributed by atoms with E-state index in [-0.39, 0.29) is 5.76 Å². The number of rotatable bonds is 4. The van der Waals surface area contributed by atoms with E-state index >= 15 is 0 Å². The van der Waals surface area contributed by atoms with Crippen molar-refractivity contribution in [2.24, 2.45) is 0 Å². The molecular formula is C11H11NO4S. The van der Waals surface area contributed by atoms with Crippen molar-refractivity contribution in [3.63, 3.8) is 0 Å². The molecule has 5 nitrogen and oxygen atoms in total. The lowest BCUT2D eigenvalue weighted by molar-refractivity contribution is 0.0659. The van der Waals surface area contributed by atoms with Crippen LogP contribution >= 0.6 is 11.8 Å². The van der Waals surface area contributed by atoms with Crippen LogP contribution < -0.4 is 0 Å². The molecule has 2 aromatic heterocycles. The molecule has 2 aromatic rings. The van der Waals surface area contributed by atoms with Gasteiger partial charge in [-0.15, -0.1) is 0 Å². The predicted molar refractivity (Wildman–Crippen MR) is 61.2 cm³/mol. The highest BCUT2D eigenvalue weighted by Gasteiger charge is 2.14. The molecule has 0 saturated heterocycles. The van der Waals surface area contributed by atoms with Gasteiger partial charge in [0.1, 0.15) is 12.0 Å². The van der Waals surface area contributed by atoms with Crippen LogP contribution in [0.5, 0.6) is 0 Å². The number of hydrogen-bond acceptors (Lipinski definition) is 5. The summed E-state index contributed by atoms with van der Waals surface area (Å²) in [6.07, 6.45) is 1.57. The Labute approximate surface area is 102 Å². The summed E-state index contributed by atoms with van der Waals surface area (Å²) in [4.78, 5) is 14.9. The summed E-state index contributed by atoms with van der Waals surface area (Å²) in [5.41, 5.74) is 1.44. The highest BCUT2D eigenvalue weighted by molar-refractivity contribution is 7.98. The highest BCUT2D eigenvalue weighted by Crippen LogP contribution is 2.24. The first-order valence-electron chi connectivity index (χ1n) is 4.94. The molecule has 2 rings (SSSR count). The molecule has 0 unspecified atom stereocenters. The topological polar surface area (TPSA) is 76.5 Å². The molecule has 0 aliphatic rings. The van der Waals surface area contributed by atoms with Crippen molar-refractivity contribution in [1.29, 1.82) is 0 Å². The van der Waals surface area contributed by atoms with Crippen molar-refractivity contribution in [3.8, 4) is 0 Å². The number of carboxylic acid groups (broad SMARTS) is 1. The lowest BCUT2D eigenvalue weighted by atomic mass is 10.3. The van der Waals surface area contributed by atoms with E-state index in [1.165, 1.54) is 11.8 Å². The summed E-state index contributed by atoms with van der Waals surface area (Å²) in [5, 5.41) is 9.39. The van der Waals surface area contributed by atoms with E-state index in [1.807, 2.05) is 6.92 Å². The molecule has 0 aromatic carbocycles. The molecule has 0 amide bonds. The molecule has 0 atom stereocenters. The summed E-state index contributed by atoms with van der Waals surface area (Å²) in [7, 11) is 0. The van der Waals surface area contributed by atoms with Gasteiger partial charge in [-0.2, -0.15) is 0 Å². The molecule has 0 bridgehead atoms. The van der Waals surface area contributed by atoms with Crippen LogP contribution in [0.2, 0.25) is 0 Å². The Balaban J connectivity index is 2.04. The molecule has 90 valence electrons. The van der Waals surface area contributed by atoms with Crippen LogP contribution in [0.25, 0.3) is 0 Å². The maximum absolute atomic E-state index is 10.8. The monoisotopic (exact) mass is 253 g/mol. The number of carbonyl (C=O) groups is 1. The van der Waals surface area contributed by atoms with E-state index in [0.717, 1.165) is 5.69 Å². The van der Waals surface area contributed by atoms with E-state index < -0.39 is 5.97 Å². The van der Waals surface area contributed by atoms with Crippen LogP contribution in [-0.4, -0.2) is 16.1 Å². The number of aryl methyl sites for hydroxylation is 2. The number of oxazole rings is 1. The second-order valence-corrected chi connectivity index (χ2v) is 4.50. The zero-order valence-electron chi connectivity index (χ0n) is 9.39. The Kier molecular flexibility index (Phi) is 3.23. The molecule has 0 spiro atoms. The van der Waals surface area contributed by atoms with Gasteiger partial charge in [0.25, 0.3) is 5.22 Å². The molecular weight excluding hydrogens is 242 g/mol. The second kappa shape index (κ2) is 4.67. The van der Waals surface area contributed by atoms with Gasteiger partial charge in [-0.05, 0) is 19.9 Å². The normalized spacial score (nSPS) is 10.7. The van der Waals surface area contributed by atoms with E-state index in [0.29, 0.717) is 22.3 Å². The summed E-state index contributed by atoms with van der Waals surface area (Å²) in [5.74, 6) is 0.0318. The molecule has 0 aliphatic heterocycles. The smallest absolute Gasteiger partial charge is 0.372 e. The minimum atomic E-state index is -1.05. The maximum atomic E-state index is 10.8. The van der Waals surface area contributed by atoms with Gasteiger partial charge in [-0.3, -0.25) is 0 Å². The van der Waals surface area contributed by atoms with E-state index in [2.05, 4.69) is 4.98 Å². The highest BCUT2D eigenvalue weighted by atomic mass is 32.2. The number of aromatic nitrogens is 1. The maximum Gasteiger partial charge on any atom is 0.372 e. The fraction of sp³-hybridized carbons (Fsp3) is 0.273. The minimum absolute atomic E-state index is 0.0100. The largest absolute Gasteiger partial charge is 0.475 e. The van der Waals surface area contributed by atoms with Crippen molar-refractivity contribution >= 4 is 17.7 Å². The molecule has 0 fully saturated rings. The zero-order chi connectivity index (χ0) is 12.4. The lowest BCUT2D eigenvalue weighted by Crippen LogP contribution is -1.94. The van der Waals surface area contributed by atoms with Gasteiger partial charge in [-0.1, -0.05) is 11.8 Å². The fourth-order valence-corrected chi connectivity index (χ4v) is 2.10. The lowest BCUT2D eigenvalue weighted by Gasteiger charge is -1.92. The van der Waals surface area contributed by atoms with Crippen LogP contribution in [0.4, 0.5) is 0 Å². The molecule has 17 heavy (non-hydrogen) atoms. The third-order valence-corrected chi connectivity index (χ3v) is 2.96. The summed E-state index contributed by atoms with van der Waals surface area (Å²) in [6.45, 7) is 3.55. The fourth-order valence-electron chi connectivity index (χ4n) is 1.36. The number of carboxylic acids is 1.